The van der Waals surface area contributed by atoms with Crippen molar-refractivity contribution in [3.8, 4) is 0 Å². The van der Waals surface area contributed by atoms with Crippen molar-refractivity contribution in [1.29, 1.82) is 0 Å². The molecule has 0 aromatic carbocycles. The normalized spacial score (nSPS) is 49.9. The Hall–Kier alpha value is -0.0800. The summed E-state index contributed by atoms with van der Waals surface area (Å²) >= 11 is 0. The Morgan fingerprint density at radius 3 is 2.12 bits per heavy atom. The van der Waals surface area contributed by atoms with Crippen molar-refractivity contribution >= 4 is 0 Å². The first kappa shape index (κ1) is 12.0. The molecule has 0 saturated heterocycles. The van der Waals surface area contributed by atoms with Crippen LogP contribution in [0.5, 0.6) is 0 Å². The molecule has 0 spiro atoms. The Kier molecular flexibility index (Phi) is 2.61. The third-order valence-electron chi connectivity index (χ3n) is 5.35. The van der Waals surface area contributed by atoms with Crippen LogP contribution in [0.4, 0.5) is 0 Å². The van der Waals surface area contributed by atoms with Crippen LogP contribution in [0, 0.1) is 17.8 Å². The Bertz CT molecular complexity index is 296. The predicted octanol–water partition coefficient (Wildman–Crippen LogP) is 3.13. The first-order valence-electron chi connectivity index (χ1n) is 7.30. The van der Waals surface area contributed by atoms with E-state index in [1.54, 1.807) is 0 Å². The summed E-state index contributed by atoms with van der Waals surface area (Å²) in [7, 11) is 0. The molecular formula is C15H26O2. The lowest BCUT2D eigenvalue weighted by Crippen LogP contribution is -2.60. The van der Waals surface area contributed by atoms with E-state index in [0.717, 1.165) is 31.1 Å². The summed E-state index contributed by atoms with van der Waals surface area (Å²) in [6, 6.07) is 0. The summed E-state index contributed by atoms with van der Waals surface area (Å²) in [5.41, 5.74) is -0.372. The summed E-state index contributed by atoms with van der Waals surface area (Å²) in [6.45, 7) is 6.63. The Morgan fingerprint density at radius 2 is 1.65 bits per heavy atom. The van der Waals surface area contributed by atoms with E-state index < -0.39 is 0 Å². The molecule has 0 aromatic heterocycles. The van der Waals surface area contributed by atoms with Gasteiger partial charge in [0.25, 0.3) is 0 Å². The van der Waals surface area contributed by atoms with E-state index >= 15 is 0 Å². The van der Waals surface area contributed by atoms with Gasteiger partial charge in [-0.2, -0.15) is 0 Å². The van der Waals surface area contributed by atoms with Crippen molar-refractivity contribution in [3.05, 3.63) is 0 Å². The highest BCUT2D eigenvalue weighted by Crippen LogP contribution is 2.59. The van der Waals surface area contributed by atoms with Gasteiger partial charge in [0.05, 0.1) is 17.3 Å². The average Bonchev–Trinajstić information content (AvgIpc) is 2.11. The third-order valence-corrected chi connectivity index (χ3v) is 5.35. The zero-order chi connectivity index (χ0) is 12.3. The van der Waals surface area contributed by atoms with Crippen LogP contribution in [0.15, 0.2) is 0 Å². The SMILES string of the molecule is CC(C)C(C)OC12CC3CC(CC(O)(C3)C1)C2. The zero-order valence-corrected chi connectivity index (χ0v) is 11.4. The van der Waals surface area contributed by atoms with Crippen LogP contribution in [-0.2, 0) is 4.74 Å². The standard InChI is InChI=1S/C15H26O2/c1-10(2)11(3)17-15-7-12-4-13(8-15)6-14(16,5-12)9-15/h10-13,16H,4-9H2,1-3H3. The monoisotopic (exact) mass is 238 g/mol. The molecule has 0 aromatic rings. The maximum atomic E-state index is 10.6. The Morgan fingerprint density at radius 1 is 1.06 bits per heavy atom. The molecule has 4 bridgehead atoms. The summed E-state index contributed by atoms with van der Waals surface area (Å²) in [5, 5.41) is 10.6. The highest BCUT2D eigenvalue weighted by atomic mass is 16.5. The van der Waals surface area contributed by atoms with Gasteiger partial charge in [0.15, 0.2) is 0 Å². The van der Waals surface area contributed by atoms with Gasteiger partial charge in [0.2, 0.25) is 0 Å². The maximum Gasteiger partial charge on any atom is 0.0719 e. The molecule has 0 radical (unpaired) electrons. The van der Waals surface area contributed by atoms with E-state index in [1.165, 1.54) is 19.3 Å². The highest BCUT2D eigenvalue weighted by molar-refractivity contribution is 5.10. The van der Waals surface area contributed by atoms with Crippen LogP contribution in [0.1, 0.15) is 59.3 Å². The number of aliphatic hydroxyl groups is 1. The molecule has 2 heteroatoms. The van der Waals surface area contributed by atoms with Crippen molar-refractivity contribution in [2.75, 3.05) is 0 Å². The van der Waals surface area contributed by atoms with E-state index in [1.807, 2.05) is 0 Å². The Balaban J connectivity index is 1.79. The first-order chi connectivity index (χ1) is 7.90. The second kappa shape index (κ2) is 3.71. The molecule has 4 fully saturated rings. The molecule has 4 aliphatic carbocycles. The smallest absolute Gasteiger partial charge is 0.0719 e. The van der Waals surface area contributed by atoms with Crippen LogP contribution in [0.2, 0.25) is 0 Å². The molecular weight excluding hydrogens is 212 g/mol. The second-order valence-electron chi connectivity index (χ2n) is 7.44. The van der Waals surface area contributed by atoms with Crippen molar-refractivity contribution < 1.29 is 9.84 Å². The topological polar surface area (TPSA) is 29.5 Å². The fraction of sp³-hybridized carbons (Fsp3) is 1.00. The van der Waals surface area contributed by atoms with Crippen molar-refractivity contribution in [2.24, 2.45) is 17.8 Å². The minimum absolute atomic E-state index is 0.0164. The molecule has 0 heterocycles. The zero-order valence-electron chi connectivity index (χ0n) is 11.4. The lowest BCUT2D eigenvalue weighted by atomic mass is 9.52. The highest BCUT2D eigenvalue weighted by Gasteiger charge is 2.58. The largest absolute Gasteiger partial charge is 0.390 e. The maximum absolute atomic E-state index is 10.6. The first-order valence-corrected chi connectivity index (χ1v) is 7.30. The van der Waals surface area contributed by atoms with Gasteiger partial charge in [-0.15, -0.1) is 0 Å². The number of ether oxygens (including phenoxy) is 1. The molecule has 4 rings (SSSR count). The van der Waals surface area contributed by atoms with Crippen molar-refractivity contribution in [1.82, 2.24) is 0 Å². The molecule has 4 aliphatic rings. The Labute approximate surface area is 105 Å². The van der Waals surface area contributed by atoms with Gasteiger partial charge in [0, 0.05) is 6.42 Å². The van der Waals surface area contributed by atoms with E-state index in [2.05, 4.69) is 20.8 Å². The van der Waals surface area contributed by atoms with Gasteiger partial charge in [-0.1, -0.05) is 13.8 Å². The average molecular weight is 238 g/mol. The number of hydrogen-bond donors (Lipinski definition) is 1. The fourth-order valence-electron chi connectivity index (χ4n) is 4.80. The van der Waals surface area contributed by atoms with Crippen LogP contribution in [0.3, 0.4) is 0 Å². The number of hydrogen-bond acceptors (Lipinski definition) is 2. The molecule has 4 saturated carbocycles. The molecule has 0 amide bonds. The summed E-state index contributed by atoms with van der Waals surface area (Å²) in [4.78, 5) is 0. The minimum Gasteiger partial charge on any atom is -0.390 e. The molecule has 0 aliphatic heterocycles. The molecule has 17 heavy (non-hydrogen) atoms. The van der Waals surface area contributed by atoms with Gasteiger partial charge in [0.1, 0.15) is 0 Å². The van der Waals surface area contributed by atoms with E-state index in [4.69, 9.17) is 4.74 Å². The van der Waals surface area contributed by atoms with Gasteiger partial charge in [-0.25, -0.2) is 0 Å². The van der Waals surface area contributed by atoms with E-state index in [9.17, 15) is 5.11 Å². The van der Waals surface area contributed by atoms with Gasteiger partial charge in [-0.05, 0) is 56.8 Å². The van der Waals surface area contributed by atoms with Crippen LogP contribution >= 0.6 is 0 Å². The number of rotatable bonds is 3. The van der Waals surface area contributed by atoms with Gasteiger partial charge >= 0.3 is 0 Å². The fourth-order valence-corrected chi connectivity index (χ4v) is 4.80. The van der Waals surface area contributed by atoms with E-state index in [-0.39, 0.29) is 11.2 Å². The van der Waals surface area contributed by atoms with Crippen LogP contribution in [-0.4, -0.2) is 22.4 Å². The third kappa shape index (κ3) is 2.04. The lowest BCUT2D eigenvalue weighted by Gasteiger charge is -2.60. The lowest BCUT2D eigenvalue weighted by molar-refractivity contribution is -0.237. The quantitative estimate of drug-likeness (QED) is 0.818. The van der Waals surface area contributed by atoms with Gasteiger partial charge < -0.3 is 9.84 Å². The molecule has 3 unspecified atom stereocenters. The molecule has 98 valence electrons. The van der Waals surface area contributed by atoms with E-state index in [0.29, 0.717) is 12.0 Å². The molecule has 2 nitrogen and oxygen atoms in total. The van der Waals surface area contributed by atoms with Crippen LogP contribution in [0.25, 0.3) is 0 Å². The molecule has 1 N–H and O–H groups in total. The summed E-state index contributed by atoms with van der Waals surface area (Å²) < 4.78 is 6.42. The van der Waals surface area contributed by atoms with Crippen molar-refractivity contribution in [2.45, 2.75) is 76.6 Å². The molecule has 3 atom stereocenters. The van der Waals surface area contributed by atoms with Gasteiger partial charge in [-0.3, -0.25) is 0 Å². The summed E-state index contributed by atoms with van der Waals surface area (Å²) in [6.07, 6.45) is 7.00. The van der Waals surface area contributed by atoms with Crippen LogP contribution < -0.4 is 0 Å². The van der Waals surface area contributed by atoms with Crippen molar-refractivity contribution in [3.63, 3.8) is 0 Å². The second-order valence-corrected chi connectivity index (χ2v) is 7.44. The predicted molar refractivity (Wildman–Crippen MR) is 67.7 cm³/mol. The minimum atomic E-state index is -0.388. The summed E-state index contributed by atoms with van der Waals surface area (Å²) in [5.74, 6) is 2.01.